The minimum absolute atomic E-state index is 0.000170. The Balaban J connectivity index is 1.51. The number of carboxylic acids is 3. The predicted octanol–water partition coefficient (Wildman–Crippen LogP) is -0.436. The molecule has 0 saturated heterocycles. The van der Waals surface area contributed by atoms with Crippen molar-refractivity contribution in [2.75, 3.05) is 36.3 Å². The number of fused-ring (bicyclic) bond motifs is 1. The summed E-state index contributed by atoms with van der Waals surface area (Å²) in [6.45, 7) is 0.122. The van der Waals surface area contributed by atoms with Gasteiger partial charge in [0.05, 0.1) is 32.0 Å². The number of nitrogens with one attached hydrogen (secondary N) is 5. The molecule has 54 heavy (non-hydrogen) atoms. The molecule has 0 aliphatic rings. The van der Waals surface area contributed by atoms with Crippen LogP contribution < -0.4 is 32.6 Å². The fourth-order valence-corrected chi connectivity index (χ4v) is 6.24. The number of aromatic amines is 1. The monoisotopic (exact) mass is 793 g/mol. The van der Waals surface area contributed by atoms with Crippen LogP contribution in [0.1, 0.15) is 35.3 Å². The Kier molecular flexibility index (Phi) is 16.2. The number of nitrogen functional groups attached to an aromatic ring is 1. The number of ether oxygens (including phenoxy) is 2. The lowest BCUT2D eigenvalue weighted by atomic mass is 10.1. The Bertz CT molecular complexity index is 1910. The number of carboxylic acid groups (broad SMARTS) is 3. The number of nitrogens with zero attached hydrogens (tertiary/aromatic N) is 3. The number of carbonyl (C=O) groups excluding carboxylic acids is 4. The van der Waals surface area contributed by atoms with Gasteiger partial charge in [0, 0.05) is 29.2 Å². The van der Waals surface area contributed by atoms with Gasteiger partial charge in [-0.05, 0) is 30.7 Å². The van der Waals surface area contributed by atoms with Gasteiger partial charge in [-0.3, -0.25) is 29.0 Å². The van der Waals surface area contributed by atoms with Crippen LogP contribution in [0.5, 0.6) is 0 Å². The molecule has 1 aromatic carbocycles. The second kappa shape index (κ2) is 20.8. The molecule has 2 heterocycles. The lowest BCUT2D eigenvalue weighted by molar-refractivity contribution is -0.142. The molecule has 0 spiro atoms. The van der Waals surface area contributed by atoms with Gasteiger partial charge in [0.1, 0.15) is 24.7 Å². The second-order valence-corrected chi connectivity index (χ2v) is 13.5. The summed E-state index contributed by atoms with van der Waals surface area (Å²) in [6.07, 6.45) is -1.40. The first kappa shape index (κ1) is 42.2. The average Bonchev–Trinajstić information content (AvgIpc) is 3.12. The molecule has 22 nitrogen and oxygen atoms in total. The Morgan fingerprint density at radius 2 is 1.63 bits per heavy atom. The third kappa shape index (κ3) is 13.8. The lowest BCUT2D eigenvalue weighted by Gasteiger charge is -2.21. The normalized spacial score (nSPS) is 12.4. The van der Waals surface area contributed by atoms with Gasteiger partial charge in [-0.25, -0.2) is 24.4 Å². The Morgan fingerprint density at radius 1 is 0.926 bits per heavy atom. The minimum atomic E-state index is -1.71. The van der Waals surface area contributed by atoms with E-state index in [1.54, 1.807) is 0 Å². The number of benzene rings is 1. The zero-order valence-electron chi connectivity index (χ0n) is 28.2. The third-order valence-corrected chi connectivity index (χ3v) is 9.26. The zero-order chi connectivity index (χ0) is 39.8. The van der Waals surface area contributed by atoms with Crippen molar-refractivity contribution in [2.45, 2.75) is 43.9 Å². The van der Waals surface area contributed by atoms with Gasteiger partial charge in [-0.2, -0.15) is 4.98 Å². The van der Waals surface area contributed by atoms with E-state index in [0.29, 0.717) is 11.4 Å². The summed E-state index contributed by atoms with van der Waals surface area (Å²) in [7, 11) is 3.29. The molecule has 3 unspecified atom stereocenters. The van der Waals surface area contributed by atoms with Gasteiger partial charge in [0.15, 0.2) is 11.2 Å². The molecule has 3 amide bonds. The smallest absolute Gasteiger partial charge is 0.481 e. The molecule has 2 aromatic heterocycles. The number of H-pyrrole nitrogens is 1. The van der Waals surface area contributed by atoms with Gasteiger partial charge in [0.25, 0.3) is 11.5 Å². The summed E-state index contributed by atoms with van der Waals surface area (Å²) in [6, 6.07) is 1.13. The number of nitrogens with two attached hydrogens (primary N) is 1. The van der Waals surface area contributed by atoms with Crippen molar-refractivity contribution in [3.63, 3.8) is 0 Å². The maximum absolute atomic E-state index is 12.8. The maximum Gasteiger partial charge on any atom is 0.508 e. The highest BCUT2D eigenvalue weighted by atomic mass is 33.1. The Labute approximate surface area is 312 Å². The third-order valence-electron chi connectivity index (χ3n) is 6.89. The predicted molar refractivity (Wildman–Crippen MR) is 191 cm³/mol. The molecule has 0 bridgehead atoms. The summed E-state index contributed by atoms with van der Waals surface area (Å²) in [4.78, 5) is 111. The van der Waals surface area contributed by atoms with Crippen LogP contribution in [0.25, 0.3) is 11.2 Å². The molecular formula is C30H35N9O13S2. The molecule has 0 aliphatic heterocycles. The summed E-state index contributed by atoms with van der Waals surface area (Å²) < 4.78 is 9.01. The molecule has 10 N–H and O–H groups in total. The summed E-state index contributed by atoms with van der Waals surface area (Å²) in [5.41, 5.74) is 6.06. The van der Waals surface area contributed by atoms with E-state index < -0.39 is 84.7 Å². The van der Waals surface area contributed by atoms with Gasteiger partial charge < -0.3 is 51.8 Å². The average molecular weight is 794 g/mol. The highest BCUT2D eigenvalue weighted by Gasteiger charge is 2.29. The molecule has 3 rings (SSSR count). The van der Waals surface area contributed by atoms with Gasteiger partial charge >= 0.3 is 24.1 Å². The Hall–Kier alpha value is -6.17. The fourth-order valence-electron chi connectivity index (χ4n) is 4.25. The van der Waals surface area contributed by atoms with E-state index in [9.17, 15) is 53.7 Å². The first-order chi connectivity index (χ1) is 25.7. The number of aliphatic carboxylic acids is 3. The topological polar surface area (TPSA) is 344 Å². The highest BCUT2D eigenvalue weighted by Crippen LogP contribution is 2.22. The van der Waals surface area contributed by atoms with Crippen LogP contribution in [0.3, 0.4) is 0 Å². The van der Waals surface area contributed by atoms with Crippen molar-refractivity contribution in [3.05, 3.63) is 52.1 Å². The Morgan fingerprint density at radius 3 is 2.28 bits per heavy atom. The van der Waals surface area contributed by atoms with E-state index in [0.717, 1.165) is 28.7 Å². The van der Waals surface area contributed by atoms with Gasteiger partial charge in [-0.1, -0.05) is 21.6 Å². The van der Waals surface area contributed by atoms with E-state index in [2.05, 4.69) is 45.9 Å². The van der Waals surface area contributed by atoms with Crippen molar-refractivity contribution < 1.29 is 58.4 Å². The number of rotatable bonds is 21. The van der Waals surface area contributed by atoms with Crippen LogP contribution in [-0.4, -0.2) is 120 Å². The number of methoxy groups -OCH3 is 1. The van der Waals surface area contributed by atoms with Crippen LogP contribution in [0.2, 0.25) is 0 Å². The summed E-state index contributed by atoms with van der Waals surface area (Å²) in [5, 5.41) is 38.1. The van der Waals surface area contributed by atoms with Crippen molar-refractivity contribution in [2.24, 2.45) is 0 Å². The van der Waals surface area contributed by atoms with E-state index in [-0.39, 0.29) is 47.3 Å². The van der Waals surface area contributed by atoms with Crippen molar-refractivity contribution in [3.8, 4) is 0 Å². The van der Waals surface area contributed by atoms with Crippen LogP contribution in [0, 0.1) is 0 Å². The van der Waals surface area contributed by atoms with Crippen LogP contribution in [0.15, 0.2) is 35.3 Å². The molecular weight excluding hydrogens is 759 g/mol. The van der Waals surface area contributed by atoms with E-state index >= 15 is 0 Å². The zero-order valence-corrected chi connectivity index (χ0v) is 29.9. The number of carbonyl (C=O) groups is 7. The van der Waals surface area contributed by atoms with E-state index in [4.69, 9.17) is 10.5 Å². The van der Waals surface area contributed by atoms with Crippen LogP contribution >= 0.6 is 21.6 Å². The number of aromatic nitrogens is 4. The molecule has 3 atom stereocenters. The fraction of sp³-hybridized carbons (Fsp3) is 0.367. The van der Waals surface area contributed by atoms with E-state index in [1.165, 1.54) is 30.5 Å². The maximum atomic E-state index is 12.8. The molecule has 3 aromatic rings. The molecule has 24 heteroatoms. The summed E-state index contributed by atoms with van der Waals surface area (Å²) in [5.74, 6) is -7.22. The quantitative estimate of drug-likeness (QED) is 0.0375. The van der Waals surface area contributed by atoms with E-state index in [1.807, 2.05) is 0 Å². The highest BCUT2D eigenvalue weighted by molar-refractivity contribution is 8.76. The van der Waals surface area contributed by atoms with Gasteiger partial charge in [-0.15, -0.1) is 0 Å². The first-order valence-electron chi connectivity index (χ1n) is 15.5. The molecule has 0 saturated carbocycles. The van der Waals surface area contributed by atoms with Crippen LogP contribution in [0.4, 0.5) is 16.4 Å². The lowest BCUT2D eigenvalue weighted by Crippen LogP contribution is -2.53. The standard InChI is InChI=1S/C30H35N9O13S2/c1-51-30(50)52-8-9-53-54-13-19(28(48)49)37-25(44)18(10-21(41)42)35-20(40)7-6-17(27(46)47)36-24(43)14-2-4-15(5-3-14)32-11-16-12-33-23-22(34-16)26(45)39-29(31)38-23/h2-5,12,17-19,32H,6-11,13H2,1H3,(H,35,40)(H,36,43)(H,37,44)(H,41,42)(H,46,47)(H,48,49)(H3,31,33,38,39,45). The summed E-state index contributed by atoms with van der Waals surface area (Å²) >= 11 is 0. The number of anilines is 2. The number of hydrogen-bond acceptors (Lipinski definition) is 17. The first-order valence-corrected chi connectivity index (χ1v) is 18.0. The van der Waals surface area contributed by atoms with Crippen LogP contribution in [-0.2, 0) is 40.0 Å². The molecule has 0 radical (unpaired) electrons. The van der Waals surface area contributed by atoms with Gasteiger partial charge in [0.2, 0.25) is 17.8 Å². The molecule has 0 fully saturated rings. The second-order valence-electron chi connectivity index (χ2n) is 10.8. The van der Waals surface area contributed by atoms with Crippen molar-refractivity contribution in [1.29, 1.82) is 0 Å². The van der Waals surface area contributed by atoms with Crippen molar-refractivity contribution in [1.82, 2.24) is 35.9 Å². The number of hydrogen-bond donors (Lipinski definition) is 9. The largest absolute Gasteiger partial charge is 0.508 e. The number of amides is 3. The SMILES string of the molecule is COC(=O)OCCSSCC(NC(=O)C(CC(=O)O)NC(=O)CCC(NC(=O)c1ccc(NCc2cnc3nc(N)[nH]c(=O)c3n2)cc1)C(=O)O)C(=O)O. The van der Waals surface area contributed by atoms with Crippen molar-refractivity contribution >= 4 is 86.2 Å². The molecule has 290 valence electrons. The minimum Gasteiger partial charge on any atom is -0.481 e. The molecule has 0 aliphatic carbocycles.